The third-order valence-corrected chi connectivity index (χ3v) is 7.77. The molecule has 1 saturated heterocycles. The molecule has 1 aliphatic heterocycles. The van der Waals surface area contributed by atoms with E-state index in [1.54, 1.807) is 36.4 Å². The summed E-state index contributed by atoms with van der Waals surface area (Å²) < 4.78 is 27.2. The lowest BCUT2D eigenvalue weighted by molar-refractivity contribution is -0.116. The lowest BCUT2D eigenvalue weighted by atomic mass is 9.96. The van der Waals surface area contributed by atoms with Gasteiger partial charge in [-0.25, -0.2) is 8.78 Å². The zero-order chi connectivity index (χ0) is 30.6. The summed E-state index contributed by atoms with van der Waals surface area (Å²) in [4.78, 5) is 17.1. The van der Waals surface area contributed by atoms with Crippen molar-refractivity contribution in [3.05, 3.63) is 173 Å². The Labute approximate surface area is 258 Å². The van der Waals surface area contributed by atoms with Crippen molar-refractivity contribution in [2.75, 3.05) is 39.3 Å². The molecular weight excluding hydrogens is 552 g/mol. The number of carbonyl (C=O) groups is 1. The van der Waals surface area contributed by atoms with Crippen molar-refractivity contribution in [3.8, 4) is 0 Å². The lowest BCUT2D eigenvalue weighted by Crippen LogP contribution is -2.49. The van der Waals surface area contributed by atoms with Crippen molar-refractivity contribution in [2.24, 2.45) is 0 Å². The fourth-order valence-electron chi connectivity index (χ4n) is 5.50. The fraction of sp³-hybridized carbons (Fsp3) is 0.184. The highest BCUT2D eigenvalue weighted by molar-refractivity contribution is 5.87. The zero-order valence-electron chi connectivity index (χ0n) is 24.7. The molecule has 0 aromatic heterocycles. The van der Waals surface area contributed by atoms with Gasteiger partial charge in [-0.05, 0) is 52.1 Å². The predicted octanol–water partition coefficient (Wildman–Crippen LogP) is 7.03. The van der Waals surface area contributed by atoms with E-state index in [1.165, 1.54) is 24.3 Å². The first-order valence-electron chi connectivity index (χ1n) is 15.0. The molecule has 0 saturated carbocycles. The predicted molar refractivity (Wildman–Crippen MR) is 174 cm³/mol. The first kappa shape index (κ1) is 30.8. The number of nitrogens with zero attached hydrogens (tertiary/aromatic N) is 2. The van der Waals surface area contributed by atoms with E-state index in [4.69, 9.17) is 0 Å². The van der Waals surface area contributed by atoms with Crippen LogP contribution in [0.4, 0.5) is 8.78 Å². The average molecular weight is 590 g/mol. The standard InChI is InChI=1S/C38H37F2N3O/c39-34-20-16-32(17-21-34)38(33-18-22-35(40)23-19-33)43-28-26-42(27-29-43)25-24-41-37(44)15-9-3-8-14-36(30-10-4-1-5-11-30)31-12-6-2-7-13-31/h1-23,38H,24-29H2,(H,41,44)/b8-3+,15-9+. The lowest BCUT2D eigenvalue weighted by Gasteiger charge is -2.39. The molecule has 0 spiro atoms. The van der Waals surface area contributed by atoms with E-state index in [1.807, 2.05) is 48.6 Å². The highest BCUT2D eigenvalue weighted by Crippen LogP contribution is 2.30. The van der Waals surface area contributed by atoms with Gasteiger partial charge in [0.15, 0.2) is 0 Å². The minimum atomic E-state index is -0.276. The summed E-state index contributed by atoms with van der Waals surface area (Å²) in [6.45, 7) is 4.59. The number of benzene rings is 4. The number of hydrogen-bond acceptors (Lipinski definition) is 3. The summed E-state index contributed by atoms with van der Waals surface area (Å²) in [5.74, 6) is -0.681. The van der Waals surface area contributed by atoms with E-state index >= 15 is 0 Å². The second-order valence-electron chi connectivity index (χ2n) is 10.7. The van der Waals surface area contributed by atoms with Gasteiger partial charge in [-0.15, -0.1) is 0 Å². The van der Waals surface area contributed by atoms with E-state index in [9.17, 15) is 13.6 Å². The number of amides is 1. The second kappa shape index (κ2) is 15.7. The Hall–Kier alpha value is -4.65. The normalized spacial score (nSPS) is 14.3. The third kappa shape index (κ3) is 8.69. The number of carbonyl (C=O) groups excluding carboxylic acids is 1. The van der Waals surface area contributed by atoms with E-state index in [0.29, 0.717) is 6.54 Å². The molecule has 0 unspecified atom stereocenters. The van der Waals surface area contributed by atoms with Crippen LogP contribution in [0.15, 0.2) is 140 Å². The maximum Gasteiger partial charge on any atom is 0.244 e. The maximum absolute atomic E-state index is 13.6. The molecule has 0 radical (unpaired) electrons. The summed E-state index contributed by atoms with van der Waals surface area (Å²) in [6, 6.07) is 33.5. The van der Waals surface area contributed by atoms with Crippen molar-refractivity contribution < 1.29 is 13.6 Å². The van der Waals surface area contributed by atoms with Crippen molar-refractivity contribution in [2.45, 2.75) is 6.04 Å². The molecule has 224 valence electrons. The van der Waals surface area contributed by atoms with Crippen molar-refractivity contribution >= 4 is 11.5 Å². The van der Waals surface area contributed by atoms with Crippen molar-refractivity contribution in [1.29, 1.82) is 0 Å². The van der Waals surface area contributed by atoms with Crippen LogP contribution < -0.4 is 5.32 Å². The third-order valence-electron chi connectivity index (χ3n) is 7.77. The van der Waals surface area contributed by atoms with Crippen molar-refractivity contribution in [3.63, 3.8) is 0 Å². The molecule has 44 heavy (non-hydrogen) atoms. The Bertz CT molecular complexity index is 1470. The van der Waals surface area contributed by atoms with Crippen LogP contribution in [0.1, 0.15) is 28.3 Å². The SMILES string of the molecule is O=C(/C=C/C=C/C=C(c1ccccc1)c1ccccc1)NCCN1CCN(C(c2ccc(F)cc2)c2ccc(F)cc2)CC1. The van der Waals surface area contributed by atoms with Gasteiger partial charge in [-0.3, -0.25) is 14.6 Å². The minimum absolute atomic E-state index is 0.0810. The van der Waals surface area contributed by atoms with Gasteiger partial charge in [-0.1, -0.05) is 109 Å². The summed E-state index contributed by atoms with van der Waals surface area (Å²) in [7, 11) is 0. The van der Waals surface area contributed by atoms with Crippen LogP contribution in [0.5, 0.6) is 0 Å². The Morgan fingerprint density at radius 1 is 0.682 bits per heavy atom. The first-order valence-corrected chi connectivity index (χ1v) is 15.0. The molecule has 6 heteroatoms. The molecule has 1 aliphatic rings. The van der Waals surface area contributed by atoms with E-state index in [-0.39, 0.29) is 23.6 Å². The molecule has 0 bridgehead atoms. The Kier molecular flexibility index (Phi) is 11.0. The Morgan fingerprint density at radius 2 is 1.20 bits per heavy atom. The topological polar surface area (TPSA) is 35.6 Å². The largest absolute Gasteiger partial charge is 0.351 e. The molecule has 0 atom stereocenters. The second-order valence-corrected chi connectivity index (χ2v) is 10.7. The van der Waals surface area contributed by atoms with Crippen LogP contribution in [0.25, 0.3) is 5.57 Å². The first-order chi connectivity index (χ1) is 21.6. The van der Waals surface area contributed by atoms with Crippen LogP contribution >= 0.6 is 0 Å². The zero-order valence-corrected chi connectivity index (χ0v) is 24.7. The van der Waals surface area contributed by atoms with Crippen LogP contribution in [-0.4, -0.2) is 55.0 Å². The summed E-state index contributed by atoms with van der Waals surface area (Å²) in [5.41, 5.74) is 5.33. The quantitative estimate of drug-likeness (QED) is 0.151. The molecule has 5 rings (SSSR count). The maximum atomic E-state index is 13.6. The summed E-state index contributed by atoms with van der Waals surface area (Å²) in [5, 5.41) is 2.98. The van der Waals surface area contributed by atoms with Crippen LogP contribution in [0.3, 0.4) is 0 Å². The average Bonchev–Trinajstić information content (AvgIpc) is 3.06. The molecular formula is C38H37F2N3O. The minimum Gasteiger partial charge on any atom is -0.351 e. The van der Waals surface area contributed by atoms with Crippen molar-refractivity contribution in [1.82, 2.24) is 15.1 Å². The number of allylic oxidation sites excluding steroid dienone is 4. The van der Waals surface area contributed by atoms with Gasteiger partial charge in [0.25, 0.3) is 0 Å². The molecule has 0 aliphatic carbocycles. The molecule has 4 aromatic rings. The molecule has 1 N–H and O–H groups in total. The van der Waals surface area contributed by atoms with E-state index in [0.717, 1.165) is 60.6 Å². The molecule has 1 heterocycles. The number of halogens is 2. The number of hydrogen-bond donors (Lipinski definition) is 1. The van der Waals surface area contributed by atoms with Gasteiger partial charge >= 0.3 is 0 Å². The van der Waals surface area contributed by atoms with E-state index < -0.39 is 0 Å². The Balaban J connectivity index is 1.10. The van der Waals surface area contributed by atoms with Gasteiger partial charge in [0.1, 0.15) is 11.6 Å². The van der Waals surface area contributed by atoms with Gasteiger partial charge in [0.05, 0.1) is 6.04 Å². The highest BCUT2D eigenvalue weighted by atomic mass is 19.1. The number of nitrogens with one attached hydrogen (secondary N) is 1. The molecule has 4 aromatic carbocycles. The molecule has 1 amide bonds. The Morgan fingerprint density at radius 3 is 1.73 bits per heavy atom. The smallest absolute Gasteiger partial charge is 0.244 e. The summed E-state index contributed by atoms with van der Waals surface area (Å²) >= 11 is 0. The highest BCUT2D eigenvalue weighted by Gasteiger charge is 2.26. The van der Waals surface area contributed by atoms with Crippen LogP contribution in [0, 0.1) is 11.6 Å². The van der Waals surface area contributed by atoms with Gasteiger partial charge < -0.3 is 5.32 Å². The van der Waals surface area contributed by atoms with Crippen LogP contribution in [-0.2, 0) is 4.79 Å². The van der Waals surface area contributed by atoms with Gasteiger partial charge in [-0.2, -0.15) is 0 Å². The van der Waals surface area contributed by atoms with E-state index in [2.05, 4.69) is 45.5 Å². The molecule has 4 nitrogen and oxygen atoms in total. The van der Waals surface area contributed by atoms with Crippen LogP contribution in [0.2, 0.25) is 0 Å². The number of piperazine rings is 1. The monoisotopic (exact) mass is 589 g/mol. The fourth-order valence-corrected chi connectivity index (χ4v) is 5.50. The number of rotatable bonds is 11. The van der Waals surface area contributed by atoms with Gasteiger partial charge in [0.2, 0.25) is 5.91 Å². The van der Waals surface area contributed by atoms with Gasteiger partial charge in [0, 0.05) is 45.3 Å². The molecule has 1 fully saturated rings. The summed E-state index contributed by atoms with van der Waals surface area (Å²) in [6.07, 6.45) is 9.17.